The van der Waals surface area contributed by atoms with E-state index in [1.807, 2.05) is 106 Å². The molecule has 23 rings (SSSR count). The number of hydrogen-bond donors (Lipinski definition) is 9. The Morgan fingerprint density at radius 1 is 0.467 bits per heavy atom. The van der Waals surface area contributed by atoms with Gasteiger partial charge in [0.2, 0.25) is 0 Å². The van der Waals surface area contributed by atoms with Crippen LogP contribution in [-0.4, -0.2) is 274 Å². The first-order chi connectivity index (χ1) is 66.8. The maximum absolute atomic E-state index is 14.1. The molecule has 41 heteroatoms. The molecule has 16 aromatic heterocycles. The van der Waals surface area contributed by atoms with E-state index in [2.05, 4.69) is 126 Å². The molecule has 0 aromatic carbocycles. The molecule has 0 unspecified atom stereocenters. The van der Waals surface area contributed by atoms with E-state index in [1.165, 1.54) is 24.7 Å². The van der Waals surface area contributed by atoms with Crippen molar-refractivity contribution in [2.24, 2.45) is 0 Å². The van der Waals surface area contributed by atoms with Crippen molar-refractivity contribution in [1.82, 2.24) is 123 Å². The zero-order chi connectivity index (χ0) is 94.6. The number of aromatic nitrogens is 20. The van der Waals surface area contributed by atoms with Crippen LogP contribution in [0.3, 0.4) is 0 Å². The van der Waals surface area contributed by atoms with Gasteiger partial charge in [-0.05, 0) is 127 Å². The number of nitrogens with one attached hydrogen (secondary N) is 8. The summed E-state index contributed by atoms with van der Waals surface area (Å²) >= 11 is 0. The number of carbonyl (C=O) groups is 4. The Morgan fingerprint density at radius 3 is 1.19 bits per heavy atom. The number of fused-ring (bicyclic) bond motifs is 8. The molecule has 0 bridgehead atoms. The molecule has 4 saturated carbocycles. The number of halogens is 3. The van der Waals surface area contributed by atoms with Gasteiger partial charge in [0.1, 0.15) is 86.8 Å². The minimum Gasteiger partial charge on any atom is -0.391 e. The van der Waals surface area contributed by atoms with Gasteiger partial charge in [-0.25, -0.2) is 53.0 Å². The third-order valence-corrected chi connectivity index (χ3v) is 27.3. The molecule has 11 atom stereocenters. The number of hydrogen-bond acceptors (Lipinski definition) is 26. The van der Waals surface area contributed by atoms with Crippen molar-refractivity contribution in [3.63, 3.8) is 0 Å². The van der Waals surface area contributed by atoms with Gasteiger partial charge in [0, 0.05) is 205 Å². The summed E-state index contributed by atoms with van der Waals surface area (Å²) in [5.74, 6) is 1.23. The SMILES string of the molecule is CNc1cc(-c2cn(C(C)C)c3ncc(F)cc23)nc2c(C(=O)N[C@H]3CC[C@H]3O)cnn12.CNc1cc(-c2cn([C@@H]3CCCOC3)c3ncccc23)nc2c(C(=O)N[C@H]3CC[C@@H]3OC)cnn12.CNc1cc(-c2cn([C@@H]3CCN(CCF)C3)c3ncccc23)nc2c(C(=O)N[C@@H]3C[C@@H]3F)cnn12.CNc1cc(-c2cn([C@H]3CCCOC3)c3ncccc23)nc2c(C(=O)N[C@H]3CC[C@@H]3OC)cnn12. The Morgan fingerprint density at radius 2 is 0.854 bits per heavy atom. The van der Waals surface area contributed by atoms with E-state index in [1.54, 1.807) is 65.0 Å². The van der Waals surface area contributed by atoms with Gasteiger partial charge in [-0.2, -0.15) is 38.5 Å². The molecule has 0 radical (unpaired) electrons. The van der Waals surface area contributed by atoms with Gasteiger partial charge in [0.05, 0.1) is 122 Å². The largest absolute Gasteiger partial charge is 0.391 e. The monoisotopic (exact) mass is 1870 g/mol. The fourth-order valence-electron chi connectivity index (χ4n) is 19.2. The normalized spacial score (nSPS) is 21.3. The summed E-state index contributed by atoms with van der Waals surface area (Å²) in [7, 11) is 10.6. The van der Waals surface area contributed by atoms with Crippen LogP contribution in [-0.2, 0) is 18.9 Å². The van der Waals surface area contributed by atoms with Gasteiger partial charge in [-0.15, -0.1) is 0 Å². The van der Waals surface area contributed by atoms with Gasteiger partial charge >= 0.3 is 0 Å². The Kier molecular flexibility index (Phi) is 25.5. The van der Waals surface area contributed by atoms with Gasteiger partial charge in [-0.1, -0.05) is 0 Å². The minimum atomic E-state index is -0.993. The summed E-state index contributed by atoms with van der Waals surface area (Å²) < 4.78 is 77.7. The molecule has 19 heterocycles. The van der Waals surface area contributed by atoms with Crippen molar-refractivity contribution in [3.05, 3.63) is 169 Å². The van der Waals surface area contributed by atoms with Crippen molar-refractivity contribution in [2.75, 3.05) is 116 Å². The molecule has 38 nitrogen and oxygen atoms in total. The van der Waals surface area contributed by atoms with Gasteiger partial charge in [0.25, 0.3) is 23.6 Å². The highest BCUT2D eigenvalue weighted by molar-refractivity contribution is 6.05. The van der Waals surface area contributed by atoms with Crippen molar-refractivity contribution in [1.29, 1.82) is 0 Å². The number of ether oxygens (including phenoxy) is 4. The van der Waals surface area contributed by atoms with E-state index in [9.17, 15) is 37.5 Å². The average molecular weight is 1870 g/mol. The number of pyridine rings is 4. The second-order valence-corrected chi connectivity index (χ2v) is 35.9. The molecule has 137 heavy (non-hydrogen) atoms. The number of carbonyl (C=O) groups excluding carboxylic acids is 4. The Labute approximate surface area is 783 Å². The molecule has 712 valence electrons. The summed E-state index contributed by atoms with van der Waals surface area (Å²) in [6.07, 6.45) is 30.0. The first kappa shape index (κ1) is 90.7. The molecule has 16 aromatic rings. The van der Waals surface area contributed by atoms with Gasteiger partial charge in [-0.3, -0.25) is 24.1 Å². The number of anilines is 4. The van der Waals surface area contributed by atoms with Crippen LogP contribution < -0.4 is 42.5 Å². The molecular weight excluding hydrogens is 1760 g/mol. The molecule has 7 aliphatic rings. The zero-order valence-corrected chi connectivity index (χ0v) is 77.1. The Bertz CT molecular complexity index is 7010. The summed E-state index contributed by atoms with van der Waals surface area (Å²) in [5.41, 5.74) is 12.8. The standard InChI is InChI=1S/2C25H29N7O3.C24H26F2N8O.C22H24FN7O2/c2*1-26-22-11-20(18-13-31(15-5-4-10-35-14-15)23-16(18)6-3-9-27-23)29-24-17(12-28-32(22)24)25(33)30-19-7-8-21(19)34-2;1-27-21-10-19(30-23-16(11-29-34(21)23)24(35)31-20-9-18(20)26)17-13-33(22-15(17)3-2-6-28-22)14-4-7-32(12-14)8-5-25;1-11(2)29-10-15(13-6-12(23)8-25-20(13)29)17-7-19(24-3)30-21(27-17)14(9-26-30)22(32)28-16-4-5-18(16)31/h2*3,6,9,11-13,15,19,21,26H,4-5,7-8,10,14H2,1-2H3,(H,30,33);2-3,6,10-11,13-14,18,20,27H,4-5,7-9,12H2,1H3,(H,31,35);6-11,16,18,24,31H,4-5H2,1-3H3,(H,28,32)/t15-,19+,21+;15-,19-,21-;14-,18+,20-;16-,18+/m1010/s1. The first-order valence-corrected chi connectivity index (χ1v) is 46.6. The van der Waals surface area contributed by atoms with Crippen LogP contribution in [0.15, 0.2) is 141 Å². The topological polar surface area (TPSA) is 417 Å². The fourth-order valence-corrected chi connectivity index (χ4v) is 19.2. The number of methoxy groups -OCH3 is 2. The van der Waals surface area contributed by atoms with Crippen LogP contribution in [0.5, 0.6) is 0 Å². The number of aliphatic hydroxyl groups excluding tert-OH is 1. The van der Waals surface area contributed by atoms with Crippen molar-refractivity contribution in [3.8, 4) is 45.0 Å². The minimum absolute atomic E-state index is 0.0103. The molecular formula is C96H108F3N29O9. The summed E-state index contributed by atoms with van der Waals surface area (Å²) in [5, 5.41) is 55.3. The summed E-state index contributed by atoms with van der Waals surface area (Å²) in [6, 6.07) is 21.0. The van der Waals surface area contributed by atoms with Crippen molar-refractivity contribution < 1.29 is 56.4 Å². The third kappa shape index (κ3) is 17.4. The average Bonchev–Trinajstić information content (AvgIpc) is 1.62. The second kappa shape index (κ2) is 38.6. The maximum Gasteiger partial charge on any atom is 0.257 e. The smallest absolute Gasteiger partial charge is 0.257 e. The quantitative estimate of drug-likeness (QED) is 0.0271. The van der Waals surface area contributed by atoms with E-state index in [0.717, 1.165) is 163 Å². The van der Waals surface area contributed by atoms with Crippen LogP contribution in [0.25, 0.3) is 112 Å². The lowest BCUT2D eigenvalue weighted by Gasteiger charge is -2.35. The number of rotatable bonds is 24. The molecule has 0 spiro atoms. The van der Waals surface area contributed by atoms with Crippen LogP contribution in [0.1, 0.15) is 156 Å². The number of alkyl halides is 2. The number of amides is 4. The Hall–Kier alpha value is -14.1. The van der Waals surface area contributed by atoms with E-state index in [-0.39, 0.29) is 84.8 Å². The summed E-state index contributed by atoms with van der Waals surface area (Å²) in [4.78, 5) is 91.8. The van der Waals surface area contributed by atoms with Crippen molar-refractivity contribution in [2.45, 2.75) is 164 Å². The molecule has 3 saturated heterocycles. The van der Waals surface area contributed by atoms with Crippen LogP contribution in [0, 0.1) is 5.82 Å². The third-order valence-electron chi connectivity index (χ3n) is 27.3. The van der Waals surface area contributed by atoms with Crippen LogP contribution in [0.4, 0.5) is 36.4 Å². The lowest BCUT2D eigenvalue weighted by atomic mass is 9.89. The highest BCUT2D eigenvalue weighted by Gasteiger charge is 2.41. The van der Waals surface area contributed by atoms with E-state index < -0.39 is 24.1 Å². The molecule has 4 aliphatic carbocycles. The predicted molar refractivity (Wildman–Crippen MR) is 509 cm³/mol. The Balaban J connectivity index is 0.000000113. The van der Waals surface area contributed by atoms with E-state index in [0.29, 0.717) is 117 Å². The number of aliphatic hydroxyl groups is 1. The van der Waals surface area contributed by atoms with E-state index >= 15 is 0 Å². The lowest BCUT2D eigenvalue weighted by Crippen LogP contribution is -2.51. The first-order valence-electron chi connectivity index (χ1n) is 46.6. The molecule has 3 aliphatic heterocycles. The number of nitrogens with zero attached hydrogens (tertiary/aromatic N) is 21. The van der Waals surface area contributed by atoms with Gasteiger partial charge in [0.15, 0.2) is 22.6 Å². The fraction of sp³-hybridized carbons (Fsp3) is 0.417. The maximum atomic E-state index is 14.1. The lowest BCUT2D eigenvalue weighted by molar-refractivity contribution is 0.00731. The van der Waals surface area contributed by atoms with Crippen molar-refractivity contribution >= 4 is 114 Å². The second-order valence-electron chi connectivity index (χ2n) is 35.9. The van der Waals surface area contributed by atoms with Crippen LogP contribution in [0.2, 0.25) is 0 Å². The predicted octanol–water partition coefficient (Wildman–Crippen LogP) is 11.7. The molecule has 4 amide bonds. The van der Waals surface area contributed by atoms with Crippen LogP contribution >= 0.6 is 0 Å². The number of likely N-dealkylation sites (tertiary alicyclic amines) is 1. The van der Waals surface area contributed by atoms with Gasteiger partial charge < -0.3 is 84.9 Å². The molecule has 9 N–H and O–H groups in total. The summed E-state index contributed by atoms with van der Waals surface area (Å²) in [6.45, 7) is 8.70. The highest BCUT2D eigenvalue weighted by atomic mass is 19.1. The highest BCUT2D eigenvalue weighted by Crippen LogP contribution is 2.42. The molecule has 7 fully saturated rings. The zero-order valence-electron chi connectivity index (χ0n) is 77.1. The van der Waals surface area contributed by atoms with E-state index in [4.69, 9.17) is 38.9 Å².